The first kappa shape index (κ1) is 11.7. The minimum atomic E-state index is 0.407. The second kappa shape index (κ2) is 4.70. The summed E-state index contributed by atoms with van der Waals surface area (Å²) >= 11 is 0. The number of piperazine rings is 1. The molecule has 0 aliphatic carbocycles. The highest BCUT2D eigenvalue weighted by Gasteiger charge is 2.23. The molecule has 0 amide bonds. The Bertz CT molecular complexity index is 438. The maximum absolute atomic E-state index is 5.84. The molecule has 2 aliphatic rings. The zero-order valence-electron chi connectivity index (χ0n) is 10.8. The fourth-order valence-electron chi connectivity index (χ4n) is 2.62. The third kappa shape index (κ3) is 2.13. The summed E-state index contributed by atoms with van der Waals surface area (Å²) in [5.74, 6) is 1.45. The van der Waals surface area contributed by atoms with Crippen LogP contribution in [0.2, 0.25) is 0 Å². The predicted molar refractivity (Wildman–Crippen MR) is 71.6 cm³/mol. The number of anilines is 2. The summed E-state index contributed by atoms with van der Waals surface area (Å²) in [4.78, 5) is 13.5. The lowest BCUT2D eigenvalue weighted by molar-refractivity contribution is 0.311. The molecule has 0 atom stereocenters. The first-order valence-corrected chi connectivity index (χ1v) is 6.53. The first-order chi connectivity index (χ1) is 8.74. The molecule has 3 N–H and O–H groups in total. The van der Waals surface area contributed by atoms with Crippen molar-refractivity contribution in [2.24, 2.45) is 0 Å². The Morgan fingerprint density at radius 2 is 1.94 bits per heavy atom. The fraction of sp³-hybridized carbons (Fsp3) is 0.667. The van der Waals surface area contributed by atoms with Crippen molar-refractivity contribution in [1.29, 1.82) is 0 Å². The monoisotopic (exact) mass is 248 g/mol. The zero-order valence-corrected chi connectivity index (χ0v) is 10.8. The highest BCUT2D eigenvalue weighted by molar-refractivity contribution is 5.53. The van der Waals surface area contributed by atoms with Crippen LogP contribution >= 0.6 is 0 Å². The van der Waals surface area contributed by atoms with Crippen molar-refractivity contribution < 1.29 is 0 Å². The molecule has 3 rings (SSSR count). The Balaban J connectivity index is 1.93. The van der Waals surface area contributed by atoms with Crippen LogP contribution in [-0.4, -0.2) is 54.6 Å². The maximum atomic E-state index is 5.84. The number of rotatable bonds is 1. The quantitative estimate of drug-likeness (QED) is 0.695. The lowest BCUT2D eigenvalue weighted by atomic mass is 10.1. The van der Waals surface area contributed by atoms with E-state index in [1.54, 1.807) is 0 Å². The van der Waals surface area contributed by atoms with Gasteiger partial charge in [-0.15, -0.1) is 0 Å². The second-order valence-corrected chi connectivity index (χ2v) is 5.05. The van der Waals surface area contributed by atoms with E-state index in [9.17, 15) is 0 Å². The van der Waals surface area contributed by atoms with Gasteiger partial charge in [0.25, 0.3) is 0 Å². The van der Waals surface area contributed by atoms with Crippen molar-refractivity contribution in [1.82, 2.24) is 20.2 Å². The second-order valence-electron chi connectivity index (χ2n) is 5.05. The summed E-state index contributed by atoms with van der Waals surface area (Å²) in [6, 6.07) is 0. The van der Waals surface area contributed by atoms with Crippen molar-refractivity contribution >= 4 is 11.8 Å². The van der Waals surface area contributed by atoms with E-state index in [0.29, 0.717) is 5.95 Å². The molecule has 6 heteroatoms. The largest absolute Gasteiger partial charge is 0.368 e. The normalized spacial score (nSPS) is 20.8. The molecule has 0 aromatic carbocycles. The van der Waals surface area contributed by atoms with Crippen LogP contribution < -0.4 is 16.0 Å². The van der Waals surface area contributed by atoms with Gasteiger partial charge in [0.1, 0.15) is 5.82 Å². The van der Waals surface area contributed by atoms with Gasteiger partial charge in [0, 0.05) is 51.3 Å². The molecule has 3 heterocycles. The van der Waals surface area contributed by atoms with Crippen LogP contribution in [0.1, 0.15) is 11.3 Å². The molecule has 0 unspecified atom stereocenters. The smallest absolute Gasteiger partial charge is 0.222 e. The van der Waals surface area contributed by atoms with E-state index in [1.165, 1.54) is 5.56 Å². The molecule has 0 spiro atoms. The van der Waals surface area contributed by atoms with Crippen molar-refractivity contribution in [3.63, 3.8) is 0 Å². The average molecular weight is 248 g/mol. The van der Waals surface area contributed by atoms with Crippen LogP contribution in [0.15, 0.2) is 0 Å². The van der Waals surface area contributed by atoms with Crippen LogP contribution in [0.25, 0.3) is 0 Å². The summed E-state index contributed by atoms with van der Waals surface area (Å²) in [7, 11) is 2.16. The SMILES string of the molecule is CN1CCN(c2nc(N)nc3c2CNCC3)CC1. The van der Waals surface area contributed by atoms with Gasteiger partial charge >= 0.3 is 0 Å². The molecule has 1 saturated heterocycles. The van der Waals surface area contributed by atoms with Gasteiger partial charge in [-0.1, -0.05) is 0 Å². The van der Waals surface area contributed by atoms with Gasteiger partial charge in [-0.05, 0) is 7.05 Å². The number of nitrogen functional groups attached to an aromatic ring is 1. The third-order valence-corrected chi connectivity index (χ3v) is 3.73. The van der Waals surface area contributed by atoms with Crippen LogP contribution in [0.4, 0.5) is 11.8 Å². The number of nitrogens with one attached hydrogen (secondary N) is 1. The summed E-state index contributed by atoms with van der Waals surface area (Å²) in [6.45, 7) is 6.01. The van der Waals surface area contributed by atoms with E-state index in [-0.39, 0.29) is 0 Å². The Morgan fingerprint density at radius 1 is 1.17 bits per heavy atom. The minimum absolute atomic E-state index is 0.407. The number of fused-ring (bicyclic) bond motifs is 1. The fourth-order valence-corrected chi connectivity index (χ4v) is 2.62. The van der Waals surface area contributed by atoms with E-state index < -0.39 is 0 Å². The van der Waals surface area contributed by atoms with Crippen LogP contribution in [-0.2, 0) is 13.0 Å². The van der Waals surface area contributed by atoms with Gasteiger partial charge in [-0.2, -0.15) is 4.98 Å². The minimum Gasteiger partial charge on any atom is -0.368 e. The van der Waals surface area contributed by atoms with Gasteiger partial charge in [-0.25, -0.2) is 4.98 Å². The van der Waals surface area contributed by atoms with Crippen LogP contribution in [0.3, 0.4) is 0 Å². The van der Waals surface area contributed by atoms with E-state index in [2.05, 4.69) is 32.1 Å². The molecule has 0 saturated carbocycles. The topological polar surface area (TPSA) is 70.3 Å². The summed E-state index contributed by atoms with van der Waals surface area (Å²) in [5, 5.41) is 3.39. The van der Waals surface area contributed by atoms with E-state index in [0.717, 1.165) is 57.2 Å². The van der Waals surface area contributed by atoms with E-state index in [1.807, 2.05) is 0 Å². The Kier molecular flexibility index (Phi) is 3.05. The van der Waals surface area contributed by atoms with Crippen molar-refractivity contribution in [3.8, 4) is 0 Å². The van der Waals surface area contributed by atoms with Gasteiger partial charge < -0.3 is 20.9 Å². The first-order valence-electron chi connectivity index (χ1n) is 6.53. The van der Waals surface area contributed by atoms with Crippen LogP contribution in [0.5, 0.6) is 0 Å². The number of nitrogens with zero attached hydrogens (tertiary/aromatic N) is 4. The molecule has 2 aliphatic heterocycles. The number of nitrogens with two attached hydrogens (primary N) is 1. The van der Waals surface area contributed by atoms with Crippen molar-refractivity contribution in [2.45, 2.75) is 13.0 Å². The van der Waals surface area contributed by atoms with E-state index >= 15 is 0 Å². The zero-order chi connectivity index (χ0) is 12.5. The molecule has 98 valence electrons. The molecule has 6 nitrogen and oxygen atoms in total. The molecular weight excluding hydrogens is 228 g/mol. The van der Waals surface area contributed by atoms with Gasteiger partial charge in [0.15, 0.2) is 0 Å². The number of likely N-dealkylation sites (N-methyl/N-ethyl adjacent to an activating group) is 1. The molecule has 1 fully saturated rings. The highest BCUT2D eigenvalue weighted by Crippen LogP contribution is 2.25. The highest BCUT2D eigenvalue weighted by atomic mass is 15.3. The Morgan fingerprint density at radius 3 is 2.72 bits per heavy atom. The lowest BCUT2D eigenvalue weighted by Gasteiger charge is -2.35. The van der Waals surface area contributed by atoms with Gasteiger partial charge in [0.2, 0.25) is 5.95 Å². The number of aromatic nitrogens is 2. The van der Waals surface area contributed by atoms with Crippen LogP contribution in [0, 0.1) is 0 Å². The molecule has 1 aromatic heterocycles. The standard InChI is InChI=1S/C12H20N6/c1-17-4-6-18(7-5-17)11-9-8-14-3-2-10(9)15-12(13)16-11/h14H,2-8H2,1H3,(H2,13,15,16). The number of hydrogen-bond acceptors (Lipinski definition) is 6. The van der Waals surface area contributed by atoms with Gasteiger partial charge in [-0.3, -0.25) is 0 Å². The van der Waals surface area contributed by atoms with E-state index in [4.69, 9.17) is 5.73 Å². The van der Waals surface area contributed by atoms with Gasteiger partial charge in [0.05, 0.1) is 5.69 Å². The molecule has 1 aromatic rings. The molecule has 0 radical (unpaired) electrons. The summed E-state index contributed by atoms with van der Waals surface area (Å²) in [5.41, 5.74) is 8.19. The molecule has 0 bridgehead atoms. The van der Waals surface area contributed by atoms with Crippen molar-refractivity contribution in [2.75, 3.05) is 50.4 Å². The number of hydrogen-bond donors (Lipinski definition) is 2. The molecular formula is C12H20N6. The lowest BCUT2D eigenvalue weighted by Crippen LogP contribution is -2.45. The average Bonchev–Trinajstić information content (AvgIpc) is 2.38. The Labute approximate surface area is 107 Å². The summed E-state index contributed by atoms with van der Waals surface area (Å²) < 4.78 is 0. The predicted octanol–water partition coefficient (Wildman–Crippen LogP) is -0.544. The third-order valence-electron chi connectivity index (χ3n) is 3.73. The Hall–Kier alpha value is -1.40. The summed E-state index contributed by atoms with van der Waals surface area (Å²) in [6.07, 6.45) is 0.947. The van der Waals surface area contributed by atoms with Crippen molar-refractivity contribution in [3.05, 3.63) is 11.3 Å². The maximum Gasteiger partial charge on any atom is 0.222 e. The molecule has 18 heavy (non-hydrogen) atoms.